The van der Waals surface area contributed by atoms with Crippen LogP contribution in [0.4, 0.5) is 4.39 Å². The number of benzene rings is 3. The molecule has 7 heteroatoms. The van der Waals surface area contributed by atoms with Crippen LogP contribution in [0.5, 0.6) is 11.5 Å². The van der Waals surface area contributed by atoms with Crippen LogP contribution in [-0.2, 0) is 0 Å². The number of fused-ring (bicyclic) bond motifs is 1. The van der Waals surface area contributed by atoms with Crippen molar-refractivity contribution in [1.82, 2.24) is 14.6 Å². The predicted molar refractivity (Wildman–Crippen MR) is 110 cm³/mol. The highest BCUT2D eigenvalue weighted by Gasteiger charge is 2.15. The van der Waals surface area contributed by atoms with E-state index < -0.39 is 0 Å². The Hall–Kier alpha value is -3.71. The second kappa shape index (κ2) is 6.72. The van der Waals surface area contributed by atoms with Crippen LogP contribution < -0.4 is 0 Å². The van der Waals surface area contributed by atoms with Crippen molar-refractivity contribution < 1.29 is 14.6 Å². The van der Waals surface area contributed by atoms with Gasteiger partial charge in [0.1, 0.15) is 22.3 Å². The molecule has 29 heavy (non-hydrogen) atoms. The Kier molecular flexibility index (Phi) is 4.03. The molecule has 2 N–H and O–H groups in total. The number of phenolic OH excluding ortho intramolecular Hbond substituents is 2. The largest absolute Gasteiger partial charge is 0.508 e. The lowest BCUT2D eigenvalue weighted by atomic mass is 10.0. The Morgan fingerprint density at radius 2 is 1.66 bits per heavy atom. The summed E-state index contributed by atoms with van der Waals surface area (Å²) in [6.45, 7) is 0. The molecule has 0 saturated carbocycles. The minimum atomic E-state index is -0.309. The first-order valence-corrected chi connectivity index (χ1v) is 9.64. The summed E-state index contributed by atoms with van der Waals surface area (Å²) in [5.74, 6) is -0.389. The molecule has 2 heterocycles. The first-order valence-electron chi connectivity index (χ1n) is 8.82. The van der Waals surface area contributed by atoms with E-state index in [4.69, 9.17) is 0 Å². The van der Waals surface area contributed by atoms with E-state index in [2.05, 4.69) is 10.1 Å². The van der Waals surface area contributed by atoms with Crippen LogP contribution in [0.1, 0.15) is 0 Å². The molecule has 5 rings (SSSR count). The first kappa shape index (κ1) is 17.4. The van der Waals surface area contributed by atoms with Gasteiger partial charge in [-0.1, -0.05) is 53.8 Å². The maximum absolute atomic E-state index is 14.7. The van der Waals surface area contributed by atoms with Crippen molar-refractivity contribution in [2.75, 3.05) is 0 Å². The molecule has 0 unspecified atom stereocenters. The molecule has 0 aliphatic carbocycles. The van der Waals surface area contributed by atoms with Crippen molar-refractivity contribution in [1.29, 1.82) is 0 Å². The van der Waals surface area contributed by atoms with Crippen molar-refractivity contribution in [2.45, 2.75) is 0 Å². The smallest absolute Gasteiger partial charge is 0.213 e. The number of imidazole rings is 1. The number of nitrogens with zero attached hydrogens (tertiary/aromatic N) is 3. The van der Waals surface area contributed by atoms with Crippen LogP contribution in [0.25, 0.3) is 37.9 Å². The zero-order valence-corrected chi connectivity index (χ0v) is 15.8. The number of hydrogen-bond donors (Lipinski definition) is 2. The second-order valence-corrected chi connectivity index (χ2v) is 7.48. The summed E-state index contributed by atoms with van der Waals surface area (Å²) >= 11 is 1.33. The van der Waals surface area contributed by atoms with Gasteiger partial charge in [0, 0.05) is 22.8 Å². The average Bonchev–Trinajstić information content (AvgIpc) is 3.28. The molecule has 2 aromatic heterocycles. The molecule has 5 aromatic rings. The van der Waals surface area contributed by atoms with Crippen LogP contribution in [0.2, 0.25) is 0 Å². The number of halogens is 1. The third-order valence-electron chi connectivity index (χ3n) is 4.60. The molecule has 0 bridgehead atoms. The Morgan fingerprint density at radius 3 is 2.38 bits per heavy atom. The molecule has 142 valence electrons. The number of phenols is 2. The molecular formula is C22H14FN3O2S. The molecular weight excluding hydrogens is 389 g/mol. The van der Waals surface area contributed by atoms with Crippen LogP contribution in [-0.4, -0.2) is 24.8 Å². The fourth-order valence-electron chi connectivity index (χ4n) is 3.18. The van der Waals surface area contributed by atoms with Crippen molar-refractivity contribution in [3.63, 3.8) is 0 Å². The van der Waals surface area contributed by atoms with Crippen molar-refractivity contribution in [3.05, 3.63) is 78.7 Å². The van der Waals surface area contributed by atoms with E-state index in [1.807, 2.05) is 36.4 Å². The monoisotopic (exact) mass is 403 g/mol. The van der Waals surface area contributed by atoms with Gasteiger partial charge in [-0.2, -0.15) is 5.10 Å². The van der Waals surface area contributed by atoms with Crippen LogP contribution in [0, 0.1) is 5.82 Å². The first-order chi connectivity index (χ1) is 14.1. The van der Waals surface area contributed by atoms with Gasteiger partial charge in [0.2, 0.25) is 4.96 Å². The van der Waals surface area contributed by atoms with Gasteiger partial charge in [0.25, 0.3) is 0 Å². The third-order valence-corrected chi connectivity index (χ3v) is 5.57. The van der Waals surface area contributed by atoms with E-state index in [1.165, 1.54) is 29.5 Å². The van der Waals surface area contributed by atoms with Gasteiger partial charge >= 0.3 is 0 Å². The van der Waals surface area contributed by atoms with E-state index in [9.17, 15) is 14.6 Å². The van der Waals surface area contributed by atoms with Gasteiger partial charge in [-0.15, -0.1) is 0 Å². The standard InChI is InChI=1S/C22H14FN3O2S/c23-18-10-14(6-8-16(18)13-4-2-1-3-5-13)21-25-26-12-19(24-22(26)29-21)17-9-7-15(27)11-20(17)28/h1-12,27-28H. The minimum Gasteiger partial charge on any atom is -0.508 e. The lowest BCUT2D eigenvalue weighted by Gasteiger charge is -2.04. The molecule has 0 saturated heterocycles. The Bertz CT molecular complexity index is 1310. The summed E-state index contributed by atoms with van der Waals surface area (Å²) in [5, 5.41) is 24.6. The van der Waals surface area contributed by atoms with E-state index in [-0.39, 0.29) is 17.3 Å². The highest BCUT2D eigenvalue weighted by atomic mass is 32.1. The Balaban J connectivity index is 1.50. The van der Waals surface area contributed by atoms with Crippen LogP contribution >= 0.6 is 11.3 Å². The second-order valence-electron chi connectivity index (χ2n) is 6.52. The molecule has 0 spiro atoms. The van der Waals surface area contributed by atoms with Gasteiger partial charge in [-0.3, -0.25) is 0 Å². The van der Waals surface area contributed by atoms with E-state index in [1.54, 1.807) is 22.8 Å². The number of hydrogen-bond acceptors (Lipinski definition) is 5. The van der Waals surface area contributed by atoms with Crippen molar-refractivity contribution in [3.8, 4) is 44.5 Å². The normalized spacial score (nSPS) is 11.2. The number of aromatic hydroxyl groups is 2. The Morgan fingerprint density at radius 1 is 0.862 bits per heavy atom. The molecule has 3 aromatic carbocycles. The zero-order chi connectivity index (χ0) is 20.0. The van der Waals surface area contributed by atoms with Gasteiger partial charge in [0.05, 0.1) is 11.9 Å². The fraction of sp³-hybridized carbons (Fsp3) is 0. The van der Waals surface area contributed by atoms with E-state index in [0.29, 0.717) is 32.4 Å². The quantitative estimate of drug-likeness (QED) is 0.426. The summed E-state index contributed by atoms with van der Waals surface area (Å²) in [5.41, 5.74) is 3.08. The number of rotatable bonds is 3. The van der Waals surface area contributed by atoms with E-state index >= 15 is 0 Å². The fourth-order valence-corrected chi connectivity index (χ4v) is 4.06. The topological polar surface area (TPSA) is 70.7 Å². The van der Waals surface area contributed by atoms with E-state index in [0.717, 1.165) is 5.56 Å². The van der Waals surface area contributed by atoms with Crippen molar-refractivity contribution >= 4 is 16.3 Å². The molecule has 0 fully saturated rings. The van der Waals surface area contributed by atoms with Crippen LogP contribution in [0.15, 0.2) is 72.9 Å². The minimum absolute atomic E-state index is 0.0198. The molecule has 0 aliphatic rings. The summed E-state index contributed by atoms with van der Waals surface area (Å²) in [4.78, 5) is 5.11. The third kappa shape index (κ3) is 3.11. The molecule has 5 nitrogen and oxygen atoms in total. The number of aromatic nitrogens is 3. The van der Waals surface area contributed by atoms with Gasteiger partial charge in [-0.05, 0) is 23.8 Å². The summed E-state index contributed by atoms with van der Waals surface area (Å²) in [7, 11) is 0. The zero-order valence-electron chi connectivity index (χ0n) is 15.0. The lowest BCUT2D eigenvalue weighted by molar-refractivity contribution is 0.452. The molecule has 0 amide bonds. The van der Waals surface area contributed by atoms with Crippen molar-refractivity contribution in [2.24, 2.45) is 0 Å². The summed E-state index contributed by atoms with van der Waals surface area (Å²) < 4.78 is 16.3. The molecule has 0 atom stereocenters. The molecule has 0 radical (unpaired) electrons. The van der Waals surface area contributed by atoms with Gasteiger partial charge in [-0.25, -0.2) is 13.9 Å². The summed E-state index contributed by atoms with van der Waals surface area (Å²) in [6.07, 6.45) is 1.69. The highest BCUT2D eigenvalue weighted by molar-refractivity contribution is 7.19. The lowest BCUT2D eigenvalue weighted by Crippen LogP contribution is -1.87. The van der Waals surface area contributed by atoms with Gasteiger partial charge < -0.3 is 10.2 Å². The van der Waals surface area contributed by atoms with Gasteiger partial charge in [0.15, 0.2) is 0 Å². The van der Waals surface area contributed by atoms with Crippen LogP contribution in [0.3, 0.4) is 0 Å². The highest BCUT2D eigenvalue weighted by Crippen LogP contribution is 2.34. The maximum atomic E-state index is 14.7. The summed E-state index contributed by atoms with van der Waals surface area (Å²) in [6, 6.07) is 18.8. The maximum Gasteiger partial charge on any atom is 0.213 e. The predicted octanol–water partition coefficient (Wildman–Crippen LogP) is 5.34. The Labute approximate surface area is 169 Å². The SMILES string of the molecule is Oc1ccc(-c2cn3nc(-c4ccc(-c5ccccc5)c(F)c4)sc3n2)c(O)c1. The molecule has 0 aliphatic heterocycles. The average molecular weight is 403 g/mol.